The molecule has 0 aromatic rings. The van der Waals surface area contributed by atoms with Gasteiger partial charge in [0.25, 0.3) is 0 Å². The molecule has 2 saturated heterocycles. The molecule has 9 N–H and O–H groups in total. The Bertz CT molecular complexity index is 1870. The van der Waals surface area contributed by atoms with Crippen LogP contribution < -0.4 is 10.6 Å². The van der Waals surface area contributed by atoms with Gasteiger partial charge in [0.15, 0.2) is 12.4 Å². The molecule has 13 atom stereocenters. The normalized spacial score (nSPS) is 23.0. The number of rotatable bonds is 60. The molecular weight excluding hydrogens is 1190 g/mol. The number of aliphatic carboxylic acids is 1. The lowest BCUT2D eigenvalue weighted by Crippen LogP contribution is -2.68. The molecule has 0 spiro atoms. The first-order valence-electron chi connectivity index (χ1n) is 36.4. The summed E-state index contributed by atoms with van der Waals surface area (Å²) >= 11 is 0. The molecule has 2 aliphatic heterocycles. The van der Waals surface area contributed by atoms with Crippen LogP contribution >= 0.6 is 7.82 Å². The van der Waals surface area contributed by atoms with Gasteiger partial charge in [0.2, 0.25) is 11.8 Å². The number of esters is 1. The predicted molar refractivity (Wildman–Crippen MR) is 353 cm³/mol. The lowest BCUT2D eigenvalue weighted by molar-refractivity contribution is -0.289. The van der Waals surface area contributed by atoms with Crippen molar-refractivity contribution in [1.82, 2.24) is 10.6 Å². The summed E-state index contributed by atoms with van der Waals surface area (Å²) < 4.78 is 54.9. The number of hydrogen-bond donors (Lipinski definition) is 9. The van der Waals surface area contributed by atoms with Crippen LogP contribution in [0.4, 0.5) is 0 Å². The molecule has 21 nitrogen and oxygen atoms in total. The summed E-state index contributed by atoms with van der Waals surface area (Å²) in [6, 6.07) is -2.91. The number of amides is 2. The number of carboxylic acid groups (broad SMARTS) is 1. The lowest BCUT2D eigenvalue weighted by Gasteiger charge is -2.47. The van der Waals surface area contributed by atoms with E-state index in [0.29, 0.717) is 32.1 Å². The van der Waals surface area contributed by atoms with E-state index in [1.54, 1.807) is 0 Å². The zero-order valence-electron chi connectivity index (χ0n) is 57.2. The Hall–Kier alpha value is -2.37. The average Bonchev–Trinajstić information content (AvgIpc) is 0.808. The molecule has 22 heteroatoms. The highest BCUT2D eigenvalue weighted by atomic mass is 31.2. The summed E-state index contributed by atoms with van der Waals surface area (Å²) in [5.41, 5.74) is 0. The Morgan fingerprint density at radius 1 is 0.505 bits per heavy atom. The molecule has 0 aliphatic carbocycles. The molecule has 2 amide bonds. The fourth-order valence-corrected chi connectivity index (χ4v) is 13.0. The van der Waals surface area contributed by atoms with Crippen molar-refractivity contribution in [3.63, 3.8) is 0 Å². The SMILES string of the molecule is CCCCCCCCCCCC(=O)O[C@H](CCCCCCCCCCC)CCO[C@@H]1[C@@H](NC(C)=O)[C@H](OC[C@H]2O[C@H](C(=O)O)[C@H](NC(=O)C[C@H](O)CCCCCCCCCCC)[C@@H](OCC[C@H](O)CCCCCCCCCCC)[C@@H]2O)O[C@H](CO)[C@@H]1OP(=O)(O)O. The Morgan fingerprint density at radius 2 is 0.945 bits per heavy atom. The third-order valence-corrected chi connectivity index (χ3v) is 18.3. The maximum atomic E-state index is 13.7. The zero-order valence-corrected chi connectivity index (χ0v) is 58.1. The van der Waals surface area contributed by atoms with Crippen molar-refractivity contribution in [1.29, 1.82) is 0 Å². The fraction of sp³-hybridized carbons (Fsp3) is 0.942. The van der Waals surface area contributed by atoms with Gasteiger partial charge >= 0.3 is 19.8 Å². The largest absolute Gasteiger partial charge is 0.479 e. The molecule has 0 aromatic heterocycles. The fourth-order valence-electron chi connectivity index (χ4n) is 12.4. The van der Waals surface area contributed by atoms with E-state index in [9.17, 15) is 59.1 Å². The van der Waals surface area contributed by atoms with E-state index >= 15 is 0 Å². The van der Waals surface area contributed by atoms with Crippen LogP contribution in [-0.4, -0.2) is 165 Å². The molecule has 2 rings (SSSR count). The molecule has 536 valence electrons. The van der Waals surface area contributed by atoms with Crippen molar-refractivity contribution in [3.8, 4) is 0 Å². The summed E-state index contributed by atoms with van der Waals surface area (Å²) in [6.45, 7) is 8.11. The molecule has 91 heavy (non-hydrogen) atoms. The van der Waals surface area contributed by atoms with Crippen LogP contribution in [0.3, 0.4) is 0 Å². The third-order valence-electron chi connectivity index (χ3n) is 17.8. The molecule has 2 fully saturated rings. The monoisotopic (exact) mass is 1320 g/mol. The number of ether oxygens (including phenoxy) is 6. The minimum Gasteiger partial charge on any atom is -0.479 e. The van der Waals surface area contributed by atoms with Gasteiger partial charge in [0.1, 0.15) is 48.8 Å². The number of unbranched alkanes of at least 4 members (excludes halogenated alkanes) is 32. The van der Waals surface area contributed by atoms with Gasteiger partial charge in [0, 0.05) is 26.4 Å². The van der Waals surface area contributed by atoms with Crippen LogP contribution in [0.25, 0.3) is 0 Å². The highest BCUT2D eigenvalue weighted by Crippen LogP contribution is 2.42. The first-order valence-corrected chi connectivity index (χ1v) is 38.0. The Balaban J connectivity index is 2.36. The van der Waals surface area contributed by atoms with Crippen molar-refractivity contribution in [2.24, 2.45) is 0 Å². The summed E-state index contributed by atoms with van der Waals surface area (Å²) in [7, 11) is -5.34. The minimum absolute atomic E-state index is 0.135. The number of aliphatic hydroxyl groups is 4. The van der Waals surface area contributed by atoms with Crippen LogP contribution in [0.5, 0.6) is 0 Å². The maximum Gasteiger partial charge on any atom is 0.470 e. The van der Waals surface area contributed by atoms with Gasteiger partial charge in [-0.25, -0.2) is 9.36 Å². The lowest BCUT2D eigenvalue weighted by atomic mass is 9.91. The highest BCUT2D eigenvalue weighted by molar-refractivity contribution is 7.46. The van der Waals surface area contributed by atoms with Crippen LogP contribution in [0, 0.1) is 0 Å². The van der Waals surface area contributed by atoms with E-state index in [1.807, 2.05) is 0 Å². The van der Waals surface area contributed by atoms with Crippen LogP contribution in [0.2, 0.25) is 0 Å². The molecule has 2 aliphatic rings. The van der Waals surface area contributed by atoms with E-state index in [0.717, 1.165) is 103 Å². The average molecular weight is 1320 g/mol. The molecular formula is C69H131N2O19P. The van der Waals surface area contributed by atoms with E-state index in [1.165, 1.54) is 122 Å². The van der Waals surface area contributed by atoms with Crippen LogP contribution in [-0.2, 0) is 56.7 Å². The van der Waals surface area contributed by atoms with Crippen molar-refractivity contribution in [2.75, 3.05) is 26.4 Å². The number of hydrogen-bond acceptors (Lipinski definition) is 16. The van der Waals surface area contributed by atoms with Gasteiger partial charge in [-0.15, -0.1) is 0 Å². The standard InChI is InChI=1S/C69H131N2O19P/c1-6-10-14-18-22-26-30-34-38-42-54(74)46-48-84-65-61(71-59(76)50-55(75)43-39-35-31-27-23-19-15-11-7-2)67(68(79)80)88-58(63(65)78)52-86-69-62(70-53(5)73)66(64(57(51-72)89-69)90-91(81,82)83)85-49-47-56(44-40-36-32-28-24-20-16-12-8-3)87-60(77)45-41-37-33-29-25-21-17-13-9-4/h54-58,61-67,69,72,74-75,78H,6-52H2,1-5H3,(H,70,73)(H,71,76)(H,79,80)(H2,81,82,83)/t54-,55-,56-,57-,58-,61-,62-,63-,64+,65-,66-,67+,69-/m1/s1. The molecule has 0 aromatic carbocycles. The third kappa shape index (κ3) is 40.7. The Kier molecular flexibility index (Phi) is 50.0. The van der Waals surface area contributed by atoms with Crippen molar-refractivity contribution in [3.05, 3.63) is 0 Å². The summed E-state index contributed by atoms with van der Waals surface area (Å²) in [5.74, 6) is -3.18. The predicted octanol–water partition coefficient (Wildman–Crippen LogP) is 12.7. The number of aliphatic hydroxyl groups excluding tert-OH is 4. The van der Waals surface area contributed by atoms with Gasteiger partial charge in [-0.05, 0) is 38.5 Å². The number of nitrogens with one attached hydrogen (secondary N) is 2. The number of carbonyl (C=O) groups is 4. The second-order valence-electron chi connectivity index (χ2n) is 26.2. The number of carbonyl (C=O) groups excluding carboxylic acids is 3. The molecule has 0 radical (unpaired) electrons. The van der Waals surface area contributed by atoms with Crippen LogP contribution in [0.15, 0.2) is 0 Å². The smallest absolute Gasteiger partial charge is 0.470 e. The Morgan fingerprint density at radius 3 is 1.41 bits per heavy atom. The van der Waals surface area contributed by atoms with Gasteiger partial charge in [-0.3, -0.25) is 18.9 Å². The highest BCUT2D eigenvalue weighted by Gasteiger charge is 2.53. The van der Waals surface area contributed by atoms with Crippen LogP contribution in [0.1, 0.15) is 311 Å². The minimum atomic E-state index is -5.34. The summed E-state index contributed by atoms with van der Waals surface area (Å²) in [4.78, 5) is 73.6. The number of phosphoric ester groups is 1. The number of phosphoric acid groups is 1. The molecule has 2 heterocycles. The molecule has 0 unspecified atom stereocenters. The van der Waals surface area contributed by atoms with E-state index in [-0.39, 0.29) is 44.9 Å². The van der Waals surface area contributed by atoms with Gasteiger partial charge in [0.05, 0.1) is 44.5 Å². The van der Waals surface area contributed by atoms with Gasteiger partial charge in [-0.2, -0.15) is 0 Å². The van der Waals surface area contributed by atoms with E-state index < -0.39 is 118 Å². The summed E-state index contributed by atoms with van der Waals surface area (Å²) in [6.07, 6.45) is 25.8. The van der Waals surface area contributed by atoms with Gasteiger partial charge < -0.3 is 74.4 Å². The molecule has 0 saturated carbocycles. The zero-order chi connectivity index (χ0) is 66.9. The number of carboxylic acids is 1. The van der Waals surface area contributed by atoms with E-state index in [4.69, 9.17) is 32.9 Å². The second-order valence-corrected chi connectivity index (χ2v) is 27.4. The van der Waals surface area contributed by atoms with Crippen molar-refractivity contribution in [2.45, 2.75) is 390 Å². The first-order chi connectivity index (χ1) is 43.9. The maximum absolute atomic E-state index is 13.7. The Labute approximate surface area is 548 Å². The van der Waals surface area contributed by atoms with Crippen molar-refractivity contribution < 1.29 is 92.0 Å². The summed E-state index contributed by atoms with van der Waals surface area (Å²) in [5, 5.41) is 60.9. The molecule has 0 bridgehead atoms. The topological polar surface area (TPSA) is 316 Å². The van der Waals surface area contributed by atoms with Gasteiger partial charge in [-0.1, -0.05) is 246 Å². The second kappa shape index (κ2) is 53.7. The first kappa shape index (κ1) is 84.7. The van der Waals surface area contributed by atoms with E-state index in [2.05, 4.69) is 38.3 Å². The quantitative estimate of drug-likeness (QED) is 0.0155. The van der Waals surface area contributed by atoms with Crippen molar-refractivity contribution >= 4 is 31.6 Å².